The van der Waals surface area contributed by atoms with Crippen LogP contribution in [0.3, 0.4) is 0 Å². The van der Waals surface area contributed by atoms with Crippen molar-refractivity contribution in [2.75, 3.05) is 54.8 Å². The third-order valence-electron chi connectivity index (χ3n) is 4.39. The summed E-state index contributed by atoms with van der Waals surface area (Å²) in [6.45, 7) is 6.20. The lowest BCUT2D eigenvalue weighted by Crippen LogP contribution is -2.49. The van der Waals surface area contributed by atoms with E-state index in [0.29, 0.717) is 26.2 Å². The normalized spacial score (nSPS) is 20.6. The topological polar surface area (TPSA) is 69.6 Å². The lowest BCUT2D eigenvalue weighted by Gasteiger charge is -2.34. The molecule has 0 aliphatic carbocycles. The monoisotopic (exact) mass is 325 g/mol. The second-order valence-corrected chi connectivity index (χ2v) is 7.97. The molecule has 7 nitrogen and oxygen atoms in total. The van der Waals surface area contributed by atoms with Crippen molar-refractivity contribution >= 4 is 21.7 Å². The maximum atomic E-state index is 11.9. The fourth-order valence-electron chi connectivity index (χ4n) is 3.01. The van der Waals surface area contributed by atoms with E-state index < -0.39 is 10.0 Å². The van der Waals surface area contributed by atoms with Gasteiger partial charge in [0.2, 0.25) is 10.0 Å². The van der Waals surface area contributed by atoms with Crippen molar-refractivity contribution in [3.63, 3.8) is 0 Å². The van der Waals surface area contributed by atoms with Gasteiger partial charge in [-0.05, 0) is 19.8 Å². The Morgan fingerprint density at radius 1 is 0.955 bits per heavy atom. The summed E-state index contributed by atoms with van der Waals surface area (Å²) in [5.74, 6) is 2.04. The summed E-state index contributed by atoms with van der Waals surface area (Å²) in [5.41, 5.74) is 0. The molecule has 8 heteroatoms. The molecule has 3 heterocycles. The van der Waals surface area contributed by atoms with Gasteiger partial charge < -0.3 is 9.80 Å². The Hall–Kier alpha value is -1.41. The molecule has 0 aromatic carbocycles. The maximum Gasteiger partial charge on any atom is 0.213 e. The Kier molecular flexibility index (Phi) is 4.49. The zero-order valence-corrected chi connectivity index (χ0v) is 13.8. The molecule has 0 atom stereocenters. The second kappa shape index (κ2) is 6.37. The van der Waals surface area contributed by atoms with Gasteiger partial charge in [-0.2, -0.15) is 4.31 Å². The van der Waals surface area contributed by atoms with E-state index in [1.807, 2.05) is 6.07 Å². The van der Waals surface area contributed by atoms with Crippen LogP contribution in [0.15, 0.2) is 12.4 Å². The SMILES string of the molecule is CCS(=O)(=O)N1CCN(c2cc(N3CCCC3)ncn2)CC1. The molecule has 22 heavy (non-hydrogen) atoms. The van der Waals surface area contributed by atoms with Crippen molar-refractivity contribution in [2.24, 2.45) is 0 Å². The molecule has 2 aliphatic rings. The Morgan fingerprint density at radius 2 is 1.50 bits per heavy atom. The van der Waals surface area contributed by atoms with Crippen LogP contribution in [0, 0.1) is 0 Å². The first kappa shape index (κ1) is 15.5. The third kappa shape index (κ3) is 3.17. The molecule has 2 saturated heterocycles. The molecular formula is C14H23N5O2S. The minimum Gasteiger partial charge on any atom is -0.356 e. The number of aromatic nitrogens is 2. The van der Waals surface area contributed by atoms with E-state index in [1.54, 1.807) is 17.6 Å². The number of anilines is 2. The minimum atomic E-state index is -3.08. The van der Waals surface area contributed by atoms with Crippen LogP contribution in [0.25, 0.3) is 0 Å². The summed E-state index contributed by atoms with van der Waals surface area (Å²) in [5, 5.41) is 0. The average molecular weight is 325 g/mol. The number of nitrogens with zero attached hydrogens (tertiary/aromatic N) is 5. The Bertz CT molecular complexity index is 607. The van der Waals surface area contributed by atoms with Crippen LogP contribution in [0.4, 0.5) is 11.6 Å². The van der Waals surface area contributed by atoms with Crippen molar-refractivity contribution in [2.45, 2.75) is 19.8 Å². The van der Waals surface area contributed by atoms with Gasteiger partial charge in [-0.25, -0.2) is 18.4 Å². The highest BCUT2D eigenvalue weighted by Crippen LogP contribution is 2.22. The molecular weight excluding hydrogens is 302 g/mol. The standard InChI is InChI=1S/C14H23N5O2S/c1-2-22(20,21)19-9-7-18(8-10-19)14-11-13(15-12-16-14)17-5-3-4-6-17/h11-12H,2-10H2,1H3. The minimum absolute atomic E-state index is 0.166. The first-order valence-corrected chi connectivity index (χ1v) is 9.51. The number of sulfonamides is 1. The summed E-state index contributed by atoms with van der Waals surface area (Å²) >= 11 is 0. The van der Waals surface area contributed by atoms with Crippen molar-refractivity contribution in [3.05, 3.63) is 12.4 Å². The molecule has 122 valence electrons. The number of hydrogen-bond donors (Lipinski definition) is 0. The molecule has 1 aromatic rings. The summed E-state index contributed by atoms with van der Waals surface area (Å²) in [7, 11) is -3.08. The highest BCUT2D eigenvalue weighted by Gasteiger charge is 2.26. The van der Waals surface area contributed by atoms with E-state index in [-0.39, 0.29) is 5.75 Å². The lowest BCUT2D eigenvalue weighted by atomic mass is 10.3. The van der Waals surface area contributed by atoms with Crippen molar-refractivity contribution in [3.8, 4) is 0 Å². The molecule has 0 N–H and O–H groups in total. The van der Waals surface area contributed by atoms with Gasteiger partial charge in [-0.1, -0.05) is 0 Å². The fraction of sp³-hybridized carbons (Fsp3) is 0.714. The van der Waals surface area contributed by atoms with Crippen LogP contribution in [0.1, 0.15) is 19.8 Å². The van der Waals surface area contributed by atoms with Gasteiger partial charge in [0.25, 0.3) is 0 Å². The number of rotatable bonds is 4. The molecule has 0 bridgehead atoms. The van der Waals surface area contributed by atoms with Crippen molar-refractivity contribution < 1.29 is 8.42 Å². The van der Waals surface area contributed by atoms with Gasteiger partial charge in [0.05, 0.1) is 5.75 Å². The van der Waals surface area contributed by atoms with Crippen molar-refractivity contribution in [1.29, 1.82) is 0 Å². The van der Waals surface area contributed by atoms with Gasteiger partial charge in [0, 0.05) is 45.3 Å². The molecule has 2 fully saturated rings. The van der Waals surface area contributed by atoms with E-state index in [9.17, 15) is 8.42 Å². The quantitative estimate of drug-likeness (QED) is 0.805. The van der Waals surface area contributed by atoms with Crippen molar-refractivity contribution in [1.82, 2.24) is 14.3 Å². The number of hydrogen-bond acceptors (Lipinski definition) is 6. The first-order valence-electron chi connectivity index (χ1n) is 7.90. The smallest absolute Gasteiger partial charge is 0.213 e. The predicted molar refractivity (Wildman–Crippen MR) is 86.7 cm³/mol. The highest BCUT2D eigenvalue weighted by molar-refractivity contribution is 7.89. The molecule has 2 aliphatic heterocycles. The van der Waals surface area contributed by atoms with Gasteiger partial charge in [0.1, 0.15) is 18.0 Å². The predicted octanol–water partition coefficient (Wildman–Crippen LogP) is 0.549. The third-order valence-corrected chi connectivity index (χ3v) is 6.27. The molecule has 0 amide bonds. The van der Waals surface area contributed by atoms with Gasteiger partial charge in [-0.3, -0.25) is 0 Å². The summed E-state index contributed by atoms with van der Waals surface area (Å²) in [6.07, 6.45) is 4.04. The summed E-state index contributed by atoms with van der Waals surface area (Å²) < 4.78 is 25.4. The largest absolute Gasteiger partial charge is 0.356 e. The van der Waals surface area contributed by atoms with E-state index in [2.05, 4.69) is 19.8 Å². The van der Waals surface area contributed by atoms with Crippen LogP contribution in [0.5, 0.6) is 0 Å². The molecule has 0 saturated carbocycles. The fourth-order valence-corrected chi connectivity index (χ4v) is 4.09. The average Bonchev–Trinajstić information content (AvgIpc) is 3.10. The van der Waals surface area contributed by atoms with Crippen LogP contribution in [-0.2, 0) is 10.0 Å². The second-order valence-electron chi connectivity index (χ2n) is 5.72. The van der Waals surface area contributed by atoms with E-state index in [4.69, 9.17) is 0 Å². The van der Waals surface area contributed by atoms with E-state index in [1.165, 1.54) is 12.8 Å². The Balaban J connectivity index is 1.67. The zero-order chi connectivity index (χ0) is 15.6. The van der Waals surface area contributed by atoms with Gasteiger partial charge in [0.15, 0.2) is 0 Å². The summed E-state index contributed by atoms with van der Waals surface area (Å²) in [6, 6.07) is 2.02. The molecule has 1 aromatic heterocycles. The van der Waals surface area contributed by atoms with Crippen LogP contribution in [-0.4, -0.2) is 67.7 Å². The van der Waals surface area contributed by atoms with Gasteiger partial charge in [-0.15, -0.1) is 0 Å². The zero-order valence-electron chi connectivity index (χ0n) is 13.0. The lowest BCUT2D eigenvalue weighted by molar-refractivity contribution is 0.384. The first-order chi connectivity index (χ1) is 10.6. The van der Waals surface area contributed by atoms with E-state index >= 15 is 0 Å². The maximum absolute atomic E-state index is 11.9. The summed E-state index contributed by atoms with van der Waals surface area (Å²) in [4.78, 5) is 13.2. The van der Waals surface area contributed by atoms with Crippen LogP contribution >= 0.6 is 0 Å². The molecule has 3 rings (SSSR count). The molecule has 0 radical (unpaired) electrons. The van der Waals surface area contributed by atoms with Crippen LogP contribution in [0.2, 0.25) is 0 Å². The number of piperazine rings is 1. The van der Waals surface area contributed by atoms with Gasteiger partial charge >= 0.3 is 0 Å². The molecule has 0 unspecified atom stereocenters. The van der Waals surface area contributed by atoms with Crippen LogP contribution < -0.4 is 9.80 Å². The molecule has 0 spiro atoms. The highest BCUT2D eigenvalue weighted by atomic mass is 32.2. The Labute approximate surface area is 132 Å². The van der Waals surface area contributed by atoms with E-state index in [0.717, 1.165) is 24.7 Å². The Morgan fingerprint density at radius 3 is 2.05 bits per heavy atom.